The lowest BCUT2D eigenvalue weighted by Crippen LogP contribution is -2.45. The molecule has 1 atom stereocenters. The van der Waals surface area contributed by atoms with Gasteiger partial charge in [0.15, 0.2) is 23.4 Å². The summed E-state index contributed by atoms with van der Waals surface area (Å²) in [5.41, 5.74) is 0.821. The lowest BCUT2D eigenvalue weighted by atomic mass is 10.2. The highest BCUT2D eigenvalue weighted by atomic mass is 19.1. The Kier molecular flexibility index (Phi) is 7.04. The Bertz CT molecular complexity index is 853. The van der Waals surface area contributed by atoms with Crippen LogP contribution in [0.5, 0.6) is 0 Å². The molecule has 156 valence electrons. The molecule has 3 N–H and O–H groups in total. The van der Waals surface area contributed by atoms with Crippen LogP contribution < -0.4 is 20.9 Å². The molecule has 1 aliphatic rings. The van der Waals surface area contributed by atoms with Gasteiger partial charge >= 0.3 is 0 Å². The molecule has 1 unspecified atom stereocenters. The Morgan fingerprint density at radius 1 is 1.38 bits per heavy atom. The van der Waals surface area contributed by atoms with Crippen molar-refractivity contribution < 1.29 is 13.6 Å². The fourth-order valence-corrected chi connectivity index (χ4v) is 3.25. The zero-order valence-corrected chi connectivity index (χ0v) is 16.7. The summed E-state index contributed by atoms with van der Waals surface area (Å²) in [6.45, 7) is 4.41. The molecule has 0 bridgehead atoms. The molecule has 29 heavy (non-hydrogen) atoms. The average Bonchev–Trinajstić information content (AvgIpc) is 3.36. The van der Waals surface area contributed by atoms with Crippen molar-refractivity contribution >= 4 is 17.7 Å². The number of anilines is 1. The molecule has 0 radical (unpaired) electrons. The number of amides is 1. The number of pyridine rings is 1. The van der Waals surface area contributed by atoms with Crippen molar-refractivity contribution in [1.29, 1.82) is 0 Å². The third-order valence-corrected chi connectivity index (χ3v) is 4.79. The number of aliphatic imine (C=N–C) groups is 1. The summed E-state index contributed by atoms with van der Waals surface area (Å²) < 4.78 is 19.1. The van der Waals surface area contributed by atoms with Crippen molar-refractivity contribution in [1.82, 2.24) is 20.9 Å². The van der Waals surface area contributed by atoms with Crippen LogP contribution in [0.4, 0.5) is 10.2 Å². The predicted octanol–water partition coefficient (Wildman–Crippen LogP) is 1.69. The maximum Gasteiger partial charge on any atom is 0.287 e. The van der Waals surface area contributed by atoms with Gasteiger partial charge in [0.25, 0.3) is 5.91 Å². The molecule has 0 saturated carbocycles. The van der Waals surface area contributed by atoms with Crippen LogP contribution in [-0.4, -0.2) is 56.1 Å². The van der Waals surface area contributed by atoms with E-state index < -0.39 is 0 Å². The highest BCUT2D eigenvalue weighted by Crippen LogP contribution is 2.20. The van der Waals surface area contributed by atoms with Gasteiger partial charge in [0.05, 0.1) is 6.26 Å². The van der Waals surface area contributed by atoms with Gasteiger partial charge in [-0.05, 0) is 38.0 Å². The summed E-state index contributed by atoms with van der Waals surface area (Å²) in [7, 11) is 1.71. The van der Waals surface area contributed by atoms with Crippen molar-refractivity contribution in [3.05, 3.63) is 47.8 Å². The minimum absolute atomic E-state index is 0.157. The Labute approximate surface area is 169 Å². The number of aromatic nitrogens is 1. The van der Waals surface area contributed by atoms with Crippen LogP contribution in [0.25, 0.3) is 0 Å². The van der Waals surface area contributed by atoms with Gasteiger partial charge < -0.3 is 25.3 Å². The topological polar surface area (TPSA) is 94.8 Å². The monoisotopic (exact) mass is 402 g/mol. The summed E-state index contributed by atoms with van der Waals surface area (Å²) in [4.78, 5) is 22.3. The lowest BCUT2D eigenvalue weighted by molar-refractivity contribution is 0.0925. The molecule has 8 nitrogen and oxygen atoms in total. The second-order valence-electron chi connectivity index (χ2n) is 6.93. The molecule has 2 aromatic rings. The fraction of sp³-hybridized carbons (Fsp3) is 0.450. The zero-order valence-electron chi connectivity index (χ0n) is 16.7. The Hall–Kier alpha value is -3.10. The Balaban J connectivity index is 1.36. The number of rotatable bonds is 7. The third kappa shape index (κ3) is 5.46. The number of nitrogens with zero attached hydrogens (tertiary/aromatic N) is 3. The number of carbonyl (C=O) groups is 1. The summed E-state index contributed by atoms with van der Waals surface area (Å²) in [6, 6.07) is 4.94. The van der Waals surface area contributed by atoms with Gasteiger partial charge in [-0.2, -0.15) is 0 Å². The quantitative estimate of drug-likeness (QED) is 0.371. The second-order valence-corrected chi connectivity index (χ2v) is 6.93. The number of aryl methyl sites for hydroxylation is 1. The molecule has 3 rings (SSSR count). The average molecular weight is 402 g/mol. The van der Waals surface area contributed by atoms with Crippen molar-refractivity contribution in [3.63, 3.8) is 0 Å². The molecule has 9 heteroatoms. The molecular weight excluding hydrogens is 375 g/mol. The van der Waals surface area contributed by atoms with Gasteiger partial charge in [0.1, 0.15) is 0 Å². The largest absolute Gasteiger partial charge is 0.459 e. The standard InChI is InChI=1S/C20H27FN6O2/c1-14-7-12-29-17(14)19(28)24-9-4-10-25-20(22-2)26-15-6-11-27(13-15)18-16(21)5-3-8-23-18/h3,5,7-8,12,15H,4,6,9-11,13H2,1-2H3,(H,24,28)(H2,22,25,26). The summed E-state index contributed by atoms with van der Waals surface area (Å²) in [6.07, 6.45) is 4.72. The van der Waals surface area contributed by atoms with E-state index in [4.69, 9.17) is 4.42 Å². The van der Waals surface area contributed by atoms with E-state index in [2.05, 4.69) is 25.9 Å². The number of guanidine groups is 1. The van der Waals surface area contributed by atoms with Crippen molar-refractivity contribution in [2.45, 2.75) is 25.8 Å². The van der Waals surface area contributed by atoms with Gasteiger partial charge in [0.2, 0.25) is 0 Å². The Morgan fingerprint density at radius 3 is 2.93 bits per heavy atom. The van der Waals surface area contributed by atoms with Gasteiger partial charge in [-0.15, -0.1) is 0 Å². The molecule has 3 heterocycles. The van der Waals surface area contributed by atoms with Gasteiger partial charge in [-0.25, -0.2) is 9.37 Å². The molecule has 1 fully saturated rings. The van der Waals surface area contributed by atoms with Crippen molar-refractivity contribution in [2.24, 2.45) is 4.99 Å². The van der Waals surface area contributed by atoms with Gasteiger partial charge in [0, 0.05) is 51.0 Å². The van der Waals surface area contributed by atoms with Crippen LogP contribution in [0.1, 0.15) is 29.0 Å². The molecule has 1 amide bonds. The number of carbonyl (C=O) groups excluding carboxylic acids is 1. The smallest absolute Gasteiger partial charge is 0.287 e. The summed E-state index contributed by atoms with van der Waals surface area (Å²) in [5, 5.41) is 9.44. The van der Waals surface area contributed by atoms with Crippen molar-refractivity contribution in [3.8, 4) is 0 Å². The molecule has 0 aromatic carbocycles. The number of halogens is 1. The number of furan rings is 1. The van der Waals surface area contributed by atoms with E-state index in [-0.39, 0.29) is 17.8 Å². The van der Waals surface area contributed by atoms with Crippen LogP contribution in [0.15, 0.2) is 40.1 Å². The number of nitrogens with one attached hydrogen (secondary N) is 3. The van der Waals surface area contributed by atoms with Crippen LogP contribution in [-0.2, 0) is 0 Å². The molecule has 2 aromatic heterocycles. The summed E-state index contributed by atoms with van der Waals surface area (Å²) in [5.74, 6) is 0.921. The summed E-state index contributed by atoms with van der Waals surface area (Å²) >= 11 is 0. The second kappa shape index (κ2) is 9.90. The van der Waals surface area contributed by atoms with E-state index in [0.717, 1.165) is 24.9 Å². The van der Waals surface area contributed by atoms with E-state index in [1.807, 2.05) is 11.8 Å². The number of hydrogen-bond acceptors (Lipinski definition) is 5. The zero-order chi connectivity index (χ0) is 20.6. The van der Waals surface area contributed by atoms with Crippen LogP contribution in [0.2, 0.25) is 0 Å². The van der Waals surface area contributed by atoms with Crippen LogP contribution in [0.3, 0.4) is 0 Å². The van der Waals surface area contributed by atoms with E-state index >= 15 is 0 Å². The van der Waals surface area contributed by atoms with E-state index in [0.29, 0.717) is 37.2 Å². The van der Waals surface area contributed by atoms with Gasteiger partial charge in [-0.1, -0.05) is 0 Å². The minimum Gasteiger partial charge on any atom is -0.459 e. The molecule has 1 aliphatic heterocycles. The van der Waals surface area contributed by atoms with E-state index in [1.165, 1.54) is 12.3 Å². The lowest BCUT2D eigenvalue weighted by Gasteiger charge is -2.20. The van der Waals surface area contributed by atoms with Gasteiger partial charge in [-0.3, -0.25) is 9.79 Å². The predicted molar refractivity (Wildman–Crippen MR) is 110 cm³/mol. The minimum atomic E-state index is -0.303. The fourth-order valence-electron chi connectivity index (χ4n) is 3.25. The number of hydrogen-bond donors (Lipinski definition) is 3. The molecule has 1 saturated heterocycles. The normalized spacial score (nSPS) is 16.7. The Morgan fingerprint density at radius 2 is 2.21 bits per heavy atom. The van der Waals surface area contributed by atoms with Crippen LogP contribution in [0, 0.1) is 12.7 Å². The first-order chi connectivity index (χ1) is 14.1. The van der Waals surface area contributed by atoms with Crippen LogP contribution >= 0.6 is 0 Å². The molecular formula is C20H27FN6O2. The van der Waals surface area contributed by atoms with E-state index in [1.54, 1.807) is 25.4 Å². The maximum absolute atomic E-state index is 13.9. The SMILES string of the molecule is CN=C(NCCCNC(=O)c1occc1C)NC1CCN(c2ncccc2F)C1. The molecule has 0 spiro atoms. The molecule has 0 aliphatic carbocycles. The first-order valence-corrected chi connectivity index (χ1v) is 9.73. The highest BCUT2D eigenvalue weighted by Gasteiger charge is 2.25. The highest BCUT2D eigenvalue weighted by molar-refractivity contribution is 5.92. The maximum atomic E-state index is 13.9. The first-order valence-electron chi connectivity index (χ1n) is 9.73. The first kappa shape index (κ1) is 20.6. The third-order valence-electron chi connectivity index (χ3n) is 4.79. The van der Waals surface area contributed by atoms with E-state index in [9.17, 15) is 9.18 Å². The van der Waals surface area contributed by atoms with Crippen molar-refractivity contribution in [2.75, 3.05) is 38.1 Å².